The standard InChI is InChI=1S/C18H18N4O3/c1-12-18(13(2)22(3)21-12)20-16(23)11-25-17(24)9-8-14-4-6-15(10-19)7-5-14/h4-9H,11H2,1-3H3,(H,20,23)/b9-8+. The number of hydrogen-bond acceptors (Lipinski definition) is 5. The van der Waals surface area contributed by atoms with Crippen LogP contribution < -0.4 is 5.32 Å². The number of nitrogens with zero attached hydrogens (tertiary/aromatic N) is 3. The summed E-state index contributed by atoms with van der Waals surface area (Å²) in [6.07, 6.45) is 2.78. The molecule has 1 N–H and O–H groups in total. The average molecular weight is 338 g/mol. The lowest BCUT2D eigenvalue weighted by molar-refractivity contribution is -0.142. The van der Waals surface area contributed by atoms with E-state index in [-0.39, 0.29) is 6.61 Å². The summed E-state index contributed by atoms with van der Waals surface area (Å²) in [4.78, 5) is 23.6. The van der Waals surface area contributed by atoms with Gasteiger partial charge in [-0.3, -0.25) is 9.48 Å². The van der Waals surface area contributed by atoms with Crippen molar-refractivity contribution in [3.05, 3.63) is 52.9 Å². The normalized spacial score (nSPS) is 10.5. The number of aryl methyl sites for hydroxylation is 2. The van der Waals surface area contributed by atoms with Gasteiger partial charge in [0.15, 0.2) is 6.61 Å². The number of aromatic nitrogens is 2. The summed E-state index contributed by atoms with van der Waals surface area (Å²) in [7, 11) is 1.78. The Hall–Kier alpha value is -3.40. The fraction of sp³-hybridized carbons (Fsp3) is 0.222. The summed E-state index contributed by atoms with van der Waals surface area (Å²) in [6, 6.07) is 8.74. The number of carbonyl (C=O) groups excluding carboxylic acids is 2. The summed E-state index contributed by atoms with van der Waals surface area (Å²) in [6.45, 7) is 3.24. The lowest BCUT2D eigenvalue weighted by Gasteiger charge is -2.05. The molecule has 0 bridgehead atoms. The van der Waals surface area contributed by atoms with Crippen molar-refractivity contribution >= 4 is 23.6 Å². The van der Waals surface area contributed by atoms with Gasteiger partial charge in [-0.25, -0.2) is 4.79 Å². The Morgan fingerprint density at radius 2 is 2.00 bits per heavy atom. The molecule has 0 aliphatic heterocycles. The van der Waals surface area contributed by atoms with Gasteiger partial charge in [-0.05, 0) is 37.6 Å². The molecule has 1 heterocycles. The molecular formula is C18H18N4O3. The largest absolute Gasteiger partial charge is 0.452 e. The molecule has 0 radical (unpaired) electrons. The van der Waals surface area contributed by atoms with Crippen LogP contribution in [-0.4, -0.2) is 28.3 Å². The van der Waals surface area contributed by atoms with Crippen LogP contribution in [0.4, 0.5) is 5.69 Å². The molecule has 2 aromatic rings. The maximum atomic E-state index is 11.9. The second kappa shape index (κ2) is 7.93. The molecule has 0 aliphatic carbocycles. The van der Waals surface area contributed by atoms with Crippen LogP contribution >= 0.6 is 0 Å². The first-order valence-corrected chi connectivity index (χ1v) is 7.55. The SMILES string of the molecule is Cc1nn(C)c(C)c1NC(=O)COC(=O)/C=C/c1ccc(C#N)cc1. The van der Waals surface area contributed by atoms with Gasteiger partial charge in [0.25, 0.3) is 5.91 Å². The van der Waals surface area contributed by atoms with E-state index in [2.05, 4.69) is 10.4 Å². The number of esters is 1. The molecule has 0 fully saturated rings. The molecule has 25 heavy (non-hydrogen) atoms. The second-order valence-electron chi connectivity index (χ2n) is 5.39. The molecular weight excluding hydrogens is 320 g/mol. The Morgan fingerprint density at radius 1 is 1.32 bits per heavy atom. The molecule has 128 valence electrons. The number of hydrogen-bond donors (Lipinski definition) is 1. The number of benzene rings is 1. The van der Waals surface area contributed by atoms with Crippen molar-refractivity contribution in [3.8, 4) is 6.07 Å². The molecule has 0 unspecified atom stereocenters. The zero-order chi connectivity index (χ0) is 18.4. The van der Waals surface area contributed by atoms with Gasteiger partial charge in [-0.1, -0.05) is 12.1 Å². The van der Waals surface area contributed by atoms with Crippen molar-refractivity contribution in [2.45, 2.75) is 13.8 Å². The van der Waals surface area contributed by atoms with Crippen LogP contribution in [0, 0.1) is 25.2 Å². The van der Waals surface area contributed by atoms with E-state index < -0.39 is 11.9 Å². The molecule has 0 spiro atoms. The number of nitrogens with one attached hydrogen (secondary N) is 1. The average Bonchev–Trinajstić information content (AvgIpc) is 2.84. The van der Waals surface area contributed by atoms with Crippen LogP contribution in [0.5, 0.6) is 0 Å². The van der Waals surface area contributed by atoms with E-state index in [1.165, 1.54) is 6.08 Å². The first-order chi connectivity index (χ1) is 11.9. The van der Waals surface area contributed by atoms with Crippen LogP contribution in [0.15, 0.2) is 30.3 Å². The van der Waals surface area contributed by atoms with Crippen molar-refractivity contribution in [1.29, 1.82) is 5.26 Å². The number of amides is 1. The highest BCUT2D eigenvalue weighted by Crippen LogP contribution is 2.17. The number of carbonyl (C=O) groups is 2. The Balaban J connectivity index is 1.85. The molecule has 0 atom stereocenters. The molecule has 0 saturated carbocycles. The van der Waals surface area contributed by atoms with Gasteiger partial charge in [0.05, 0.1) is 28.7 Å². The van der Waals surface area contributed by atoms with Crippen molar-refractivity contribution < 1.29 is 14.3 Å². The van der Waals surface area contributed by atoms with Gasteiger partial charge in [0.2, 0.25) is 0 Å². The second-order valence-corrected chi connectivity index (χ2v) is 5.39. The van der Waals surface area contributed by atoms with E-state index in [1.54, 1.807) is 49.0 Å². The summed E-state index contributed by atoms with van der Waals surface area (Å²) in [5.41, 5.74) is 3.43. The molecule has 7 heteroatoms. The summed E-state index contributed by atoms with van der Waals surface area (Å²) in [5, 5.41) is 15.6. The molecule has 7 nitrogen and oxygen atoms in total. The topological polar surface area (TPSA) is 97.0 Å². The molecule has 1 aromatic carbocycles. The van der Waals surface area contributed by atoms with Gasteiger partial charge in [0, 0.05) is 13.1 Å². The third-order valence-corrected chi connectivity index (χ3v) is 3.57. The Labute approximate surface area is 145 Å². The molecule has 1 amide bonds. The van der Waals surface area contributed by atoms with Gasteiger partial charge in [-0.2, -0.15) is 10.4 Å². The van der Waals surface area contributed by atoms with Gasteiger partial charge in [-0.15, -0.1) is 0 Å². The zero-order valence-corrected chi connectivity index (χ0v) is 14.2. The van der Waals surface area contributed by atoms with Gasteiger partial charge < -0.3 is 10.1 Å². The maximum Gasteiger partial charge on any atom is 0.331 e. The Bertz CT molecular complexity index is 858. The van der Waals surface area contributed by atoms with E-state index in [0.717, 1.165) is 11.3 Å². The zero-order valence-electron chi connectivity index (χ0n) is 14.2. The van der Waals surface area contributed by atoms with Gasteiger partial charge >= 0.3 is 5.97 Å². The van der Waals surface area contributed by atoms with Crippen LogP contribution in [0.3, 0.4) is 0 Å². The highest BCUT2D eigenvalue weighted by Gasteiger charge is 2.13. The third-order valence-electron chi connectivity index (χ3n) is 3.57. The van der Waals surface area contributed by atoms with E-state index in [4.69, 9.17) is 10.00 Å². The number of nitriles is 1. The molecule has 0 saturated heterocycles. The Kier molecular flexibility index (Phi) is 5.69. The first kappa shape index (κ1) is 17.9. The molecule has 1 aromatic heterocycles. The van der Waals surface area contributed by atoms with Crippen molar-refractivity contribution in [2.75, 3.05) is 11.9 Å². The highest BCUT2D eigenvalue weighted by atomic mass is 16.5. The fourth-order valence-electron chi connectivity index (χ4n) is 2.15. The predicted octanol–water partition coefficient (Wildman–Crippen LogP) is 2.10. The van der Waals surface area contributed by atoms with Crippen molar-refractivity contribution in [2.24, 2.45) is 7.05 Å². The maximum absolute atomic E-state index is 11.9. The minimum Gasteiger partial charge on any atom is -0.452 e. The number of rotatable bonds is 5. The first-order valence-electron chi connectivity index (χ1n) is 7.55. The predicted molar refractivity (Wildman–Crippen MR) is 92.5 cm³/mol. The van der Waals surface area contributed by atoms with E-state index >= 15 is 0 Å². The Morgan fingerprint density at radius 3 is 2.56 bits per heavy atom. The highest BCUT2D eigenvalue weighted by molar-refractivity contribution is 5.95. The van der Waals surface area contributed by atoms with Crippen molar-refractivity contribution in [1.82, 2.24) is 9.78 Å². The summed E-state index contributed by atoms with van der Waals surface area (Å²) in [5.74, 6) is -1.06. The molecule has 0 aliphatic rings. The minimum atomic E-state index is -0.626. The summed E-state index contributed by atoms with van der Waals surface area (Å²) >= 11 is 0. The fourth-order valence-corrected chi connectivity index (χ4v) is 2.15. The minimum absolute atomic E-state index is 0.385. The lowest BCUT2D eigenvalue weighted by Crippen LogP contribution is -2.20. The monoisotopic (exact) mass is 338 g/mol. The van der Waals surface area contributed by atoms with Crippen molar-refractivity contribution in [3.63, 3.8) is 0 Å². The van der Waals surface area contributed by atoms with Crippen LogP contribution in [0.2, 0.25) is 0 Å². The third kappa shape index (κ3) is 4.78. The van der Waals surface area contributed by atoms with Crippen LogP contribution in [0.25, 0.3) is 6.08 Å². The van der Waals surface area contributed by atoms with E-state index in [1.807, 2.05) is 13.0 Å². The van der Waals surface area contributed by atoms with Crippen LogP contribution in [-0.2, 0) is 21.4 Å². The van der Waals surface area contributed by atoms with Gasteiger partial charge in [0.1, 0.15) is 0 Å². The smallest absolute Gasteiger partial charge is 0.331 e. The van der Waals surface area contributed by atoms with E-state index in [0.29, 0.717) is 16.9 Å². The van der Waals surface area contributed by atoms with Crippen LogP contribution in [0.1, 0.15) is 22.5 Å². The van der Waals surface area contributed by atoms with E-state index in [9.17, 15) is 9.59 Å². The quantitative estimate of drug-likeness (QED) is 0.665. The number of ether oxygens (including phenoxy) is 1. The summed E-state index contributed by atoms with van der Waals surface area (Å²) < 4.78 is 6.58. The lowest BCUT2D eigenvalue weighted by atomic mass is 10.1. The molecule has 2 rings (SSSR count). The number of anilines is 1.